The molecule has 0 aliphatic carbocycles. The van der Waals surface area contributed by atoms with Crippen LogP contribution in [0.2, 0.25) is 0 Å². The van der Waals surface area contributed by atoms with Crippen molar-refractivity contribution in [3.05, 3.63) is 0 Å². The van der Waals surface area contributed by atoms with Gasteiger partial charge in [0.05, 0.1) is 5.60 Å². The minimum Gasteiger partial charge on any atom is -0.376 e. The molecule has 0 atom stereocenters. The predicted molar refractivity (Wildman–Crippen MR) is 67.3 cm³/mol. The summed E-state index contributed by atoms with van der Waals surface area (Å²) >= 11 is 0. The molecule has 2 heteroatoms. The van der Waals surface area contributed by atoms with Crippen LogP contribution in [0, 0.1) is 0 Å². The van der Waals surface area contributed by atoms with Crippen molar-refractivity contribution in [1.29, 1.82) is 0 Å². The van der Waals surface area contributed by atoms with Crippen LogP contribution in [0.4, 0.5) is 0 Å². The first kappa shape index (κ1) is 14.9. The molecule has 0 radical (unpaired) electrons. The molecule has 0 bridgehead atoms. The average Bonchev–Trinajstić information content (AvgIpc) is 2.11. The summed E-state index contributed by atoms with van der Waals surface area (Å²) in [6.07, 6.45) is 3.65. The van der Waals surface area contributed by atoms with Gasteiger partial charge < -0.3 is 9.64 Å². The fourth-order valence-corrected chi connectivity index (χ4v) is 1.63. The van der Waals surface area contributed by atoms with E-state index >= 15 is 0 Å². The first-order valence-electron chi connectivity index (χ1n) is 6.36. The van der Waals surface area contributed by atoms with E-state index in [0.717, 1.165) is 13.0 Å². The van der Waals surface area contributed by atoms with Gasteiger partial charge in [-0.15, -0.1) is 0 Å². The molecule has 0 aromatic rings. The van der Waals surface area contributed by atoms with Crippen molar-refractivity contribution in [2.75, 3.05) is 26.2 Å². The van der Waals surface area contributed by atoms with E-state index < -0.39 is 0 Å². The van der Waals surface area contributed by atoms with Gasteiger partial charge in [0.15, 0.2) is 0 Å². The molecule has 0 saturated heterocycles. The number of ether oxygens (including phenoxy) is 1. The van der Waals surface area contributed by atoms with Crippen LogP contribution in [0.25, 0.3) is 0 Å². The molecule has 2 nitrogen and oxygen atoms in total. The minimum absolute atomic E-state index is 0.0142. The predicted octanol–water partition coefficient (Wildman–Crippen LogP) is 3.31. The Morgan fingerprint density at radius 2 is 1.47 bits per heavy atom. The maximum Gasteiger partial charge on any atom is 0.0598 e. The first-order valence-corrected chi connectivity index (χ1v) is 6.36. The highest BCUT2D eigenvalue weighted by Crippen LogP contribution is 2.07. The molecule has 0 spiro atoms. The summed E-state index contributed by atoms with van der Waals surface area (Å²) in [6, 6.07) is 0. The second-order valence-corrected chi connectivity index (χ2v) is 5.16. The molecule has 0 aromatic heterocycles. The van der Waals surface area contributed by atoms with Gasteiger partial charge in [0, 0.05) is 13.2 Å². The highest BCUT2D eigenvalue weighted by Gasteiger charge is 2.09. The van der Waals surface area contributed by atoms with Gasteiger partial charge in [0.1, 0.15) is 0 Å². The fourth-order valence-electron chi connectivity index (χ4n) is 1.63. The Bertz CT molecular complexity index is 134. The zero-order chi connectivity index (χ0) is 11.7. The van der Waals surface area contributed by atoms with Crippen molar-refractivity contribution in [3.63, 3.8) is 0 Å². The van der Waals surface area contributed by atoms with Crippen LogP contribution >= 0.6 is 0 Å². The smallest absolute Gasteiger partial charge is 0.0598 e. The third-order valence-corrected chi connectivity index (χ3v) is 2.23. The van der Waals surface area contributed by atoms with E-state index in [2.05, 4.69) is 39.5 Å². The average molecular weight is 215 g/mol. The maximum absolute atomic E-state index is 5.71. The number of hydrogen-bond acceptors (Lipinski definition) is 2. The lowest BCUT2D eigenvalue weighted by Gasteiger charge is -2.23. The molecule has 0 aliphatic rings. The van der Waals surface area contributed by atoms with Crippen LogP contribution in [0.1, 0.15) is 53.9 Å². The molecule has 15 heavy (non-hydrogen) atoms. The summed E-state index contributed by atoms with van der Waals surface area (Å²) < 4.78 is 5.71. The van der Waals surface area contributed by atoms with Crippen molar-refractivity contribution in [3.8, 4) is 0 Å². The minimum atomic E-state index is 0.0142. The molecule has 0 amide bonds. The van der Waals surface area contributed by atoms with Gasteiger partial charge in [-0.1, -0.05) is 13.8 Å². The summed E-state index contributed by atoms with van der Waals surface area (Å²) in [7, 11) is 0. The molecule has 0 aromatic carbocycles. The first-order chi connectivity index (χ1) is 6.99. The Morgan fingerprint density at radius 3 is 1.87 bits per heavy atom. The maximum atomic E-state index is 5.71. The van der Waals surface area contributed by atoms with Crippen LogP contribution in [0.5, 0.6) is 0 Å². The molecule has 0 unspecified atom stereocenters. The molecular weight excluding hydrogens is 186 g/mol. The van der Waals surface area contributed by atoms with E-state index in [0.29, 0.717) is 0 Å². The van der Waals surface area contributed by atoms with E-state index in [1.54, 1.807) is 0 Å². The monoisotopic (exact) mass is 215 g/mol. The SMILES string of the molecule is CCCN(CCC)CCCOC(C)(C)C. The Kier molecular flexibility index (Phi) is 8.07. The fraction of sp³-hybridized carbons (Fsp3) is 1.00. The van der Waals surface area contributed by atoms with Crippen molar-refractivity contribution in [1.82, 2.24) is 4.90 Å². The van der Waals surface area contributed by atoms with Gasteiger partial charge in [0.2, 0.25) is 0 Å². The van der Waals surface area contributed by atoms with E-state index in [9.17, 15) is 0 Å². The largest absolute Gasteiger partial charge is 0.376 e. The molecule has 0 aliphatic heterocycles. The van der Waals surface area contributed by atoms with Crippen LogP contribution in [0.3, 0.4) is 0 Å². The van der Waals surface area contributed by atoms with Crippen molar-refractivity contribution in [2.45, 2.75) is 59.5 Å². The summed E-state index contributed by atoms with van der Waals surface area (Å²) in [5.74, 6) is 0. The third-order valence-electron chi connectivity index (χ3n) is 2.23. The van der Waals surface area contributed by atoms with E-state index in [1.165, 1.54) is 32.5 Å². The van der Waals surface area contributed by atoms with Gasteiger partial charge in [-0.3, -0.25) is 0 Å². The van der Waals surface area contributed by atoms with E-state index in [4.69, 9.17) is 4.74 Å². The molecule has 0 fully saturated rings. The van der Waals surface area contributed by atoms with E-state index in [1.807, 2.05) is 0 Å². The van der Waals surface area contributed by atoms with Gasteiger partial charge in [-0.05, 0) is 53.1 Å². The Balaban J connectivity index is 3.52. The van der Waals surface area contributed by atoms with Crippen LogP contribution < -0.4 is 0 Å². The van der Waals surface area contributed by atoms with Crippen molar-refractivity contribution in [2.24, 2.45) is 0 Å². The number of nitrogens with zero attached hydrogens (tertiary/aromatic N) is 1. The Labute approximate surface area is 96.0 Å². The lowest BCUT2D eigenvalue weighted by atomic mass is 10.2. The van der Waals surface area contributed by atoms with Gasteiger partial charge in [-0.2, -0.15) is 0 Å². The standard InChI is InChI=1S/C13H29NO/c1-6-9-14(10-7-2)11-8-12-15-13(3,4)5/h6-12H2,1-5H3. The number of hydrogen-bond donors (Lipinski definition) is 0. The van der Waals surface area contributed by atoms with Crippen LogP contribution in [-0.4, -0.2) is 36.7 Å². The topological polar surface area (TPSA) is 12.5 Å². The molecule has 0 heterocycles. The second kappa shape index (κ2) is 8.12. The van der Waals surface area contributed by atoms with Crippen molar-refractivity contribution >= 4 is 0 Å². The summed E-state index contributed by atoms with van der Waals surface area (Å²) in [4.78, 5) is 2.53. The quantitative estimate of drug-likeness (QED) is 0.576. The third kappa shape index (κ3) is 10.2. The second-order valence-electron chi connectivity index (χ2n) is 5.16. The lowest BCUT2D eigenvalue weighted by molar-refractivity contribution is -0.00691. The number of rotatable bonds is 8. The Morgan fingerprint density at radius 1 is 0.933 bits per heavy atom. The highest BCUT2D eigenvalue weighted by atomic mass is 16.5. The zero-order valence-corrected chi connectivity index (χ0v) is 11.3. The van der Waals surface area contributed by atoms with Gasteiger partial charge in [-0.25, -0.2) is 0 Å². The van der Waals surface area contributed by atoms with Gasteiger partial charge >= 0.3 is 0 Å². The van der Waals surface area contributed by atoms with Crippen LogP contribution in [0.15, 0.2) is 0 Å². The van der Waals surface area contributed by atoms with E-state index in [-0.39, 0.29) is 5.60 Å². The summed E-state index contributed by atoms with van der Waals surface area (Å²) in [6.45, 7) is 15.3. The molecule has 0 N–H and O–H groups in total. The lowest BCUT2D eigenvalue weighted by Crippen LogP contribution is -2.28. The van der Waals surface area contributed by atoms with Gasteiger partial charge in [0.25, 0.3) is 0 Å². The van der Waals surface area contributed by atoms with Crippen LogP contribution in [-0.2, 0) is 4.74 Å². The molecule has 0 rings (SSSR count). The molecule has 0 saturated carbocycles. The normalized spacial score (nSPS) is 12.4. The molecular formula is C13H29NO. The highest BCUT2D eigenvalue weighted by molar-refractivity contribution is 4.60. The molecule has 92 valence electrons. The summed E-state index contributed by atoms with van der Waals surface area (Å²) in [5, 5.41) is 0. The zero-order valence-electron chi connectivity index (χ0n) is 11.3. The summed E-state index contributed by atoms with van der Waals surface area (Å²) in [5.41, 5.74) is 0.0142. The Hall–Kier alpha value is -0.0800. The van der Waals surface area contributed by atoms with Crippen molar-refractivity contribution < 1.29 is 4.74 Å².